The van der Waals surface area contributed by atoms with Crippen LogP contribution in [0.2, 0.25) is 0 Å². The third-order valence-electron chi connectivity index (χ3n) is 2.23. The lowest BCUT2D eigenvalue weighted by atomic mass is 9.83. The average Bonchev–Trinajstić information content (AvgIpc) is 1.92. The van der Waals surface area contributed by atoms with Gasteiger partial charge in [0.25, 0.3) is 0 Å². The maximum atomic E-state index is 9.07. The lowest BCUT2D eigenvalue weighted by molar-refractivity contribution is 0.0470. The maximum absolute atomic E-state index is 9.07. The second kappa shape index (κ2) is 4.17. The van der Waals surface area contributed by atoms with Gasteiger partial charge in [0.1, 0.15) is 0 Å². The first-order chi connectivity index (χ1) is 6.37. The van der Waals surface area contributed by atoms with Crippen LogP contribution in [0.15, 0.2) is 4.99 Å². The molecule has 0 saturated heterocycles. The summed E-state index contributed by atoms with van der Waals surface area (Å²) in [7, 11) is 0. The minimum absolute atomic E-state index is 0.0350. The van der Waals surface area contributed by atoms with Crippen LogP contribution in [0.5, 0.6) is 0 Å². The Morgan fingerprint density at radius 3 is 2.50 bits per heavy atom. The number of guanidine groups is 1. The second-order valence-electron chi connectivity index (χ2n) is 5.09. The number of nitrogens with zero attached hydrogens (tertiary/aromatic N) is 1. The van der Waals surface area contributed by atoms with Crippen LogP contribution in [0.25, 0.3) is 0 Å². The average molecular weight is 199 g/mol. The molecule has 1 rings (SSSR count). The lowest BCUT2D eigenvalue weighted by Gasteiger charge is -2.30. The van der Waals surface area contributed by atoms with Crippen molar-refractivity contribution < 1.29 is 5.11 Å². The van der Waals surface area contributed by atoms with Crippen molar-refractivity contribution in [1.82, 2.24) is 5.32 Å². The molecule has 1 aliphatic carbocycles. The lowest BCUT2D eigenvalue weighted by Crippen LogP contribution is -2.45. The Morgan fingerprint density at radius 2 is 2.07 bits per heavy atom. The highest BCUT2D eigenvalue weighted by Gasteiger charge is 2.26. The van der Waals surface area contributed by atoms with Crippen molar-refractivity contribution >= 4 is 5.96 Å². The van der Waals surface area contributed by atoms with Gasteiger partial charge in [-0.1, -0.05) is 0 Å². The van der Waals surface area contributed by atoms with Gasteiger partial charge in [0, 0.05) is 12.1 Å². The Kier molecular flexibility index (Phi) is 3.37. The zero-order valence-electron chi connectivity index (χ0n) is 9.25. The molecule has 0 aromatic rings. The molecule has 0 aromatic heterocycles. The smallest absolute Gasteiger partial charge is 0.188 e. The highest BCUT2D eigenvalue weighted by Crippen LogP contribution is 2.26. The van der Waals surface area contributed by atoms with Gasteiger partial charge < -0.3 is 16.2 Å². The number of nitrogens with one attached hydrogen (secondary N) is 1. The van der Waals surface area contributed by atoms with E-state index in [1.54, 1.807) is 0 Å². The molecule has 1 saturated carbocycles. The molecule has 0 unspecified atom stereocenters. The number of aliphatic hydroxyl groups is 1. The van der Waals surface area contributed by atoms with Crippen LogP contribution in [0.3, 0.4) is 0 Å². The number of rotatable bonds is 2. The van der Waals surface area contributed by atoms with E-state index in [1.807, 2.05) is 20.8 Å². The summed E-state index contributed by atoms with van der Waals surface area (Å²) in [4.78, 5) is 4.24. The first-order valence-electron chi connectivity index (χ1n) is 5.13. The highest BCUT2D eigenvalue weighted by molar-refractivity contribution is 5.78. The van der Waals surface area contributed by atoms with Gasteiger partial charge in [0.05, 0.1) is 6.10 Å². The molecule has 1 aliphatic rings. The van der Waals surface area contributed by atoms with Crippen molar-refractivity contribution in [2.24, 2.45) is 16.6 Å². The Bertz CT molecular complexity index is 214. The van der Waals surface area contributed by atoms with E-state index in [0.717, 1.165) is 19.4 Å². The molecule has 4 N–H and O–H groups in total. The topological polar surface area (TPSA) is 70.6 Å². The van der Waals surface area contributed by atoms with Crippen LogP contribution in [0.1, 0.15) is 33.6 Å². The predicted octanol–water partition coefficient (Wildman–Crippen LogP) is 0.460. The summed E-state index contributed by atoms with van der Waals surface area (Å²) in [5.74, 6) is 1.02. The van der Waals surface area contributed by atoms with Crippen molar-refractivity contribution in [2.45, 2.75) is 45.3 Å². The van der Waals surface area contributed by atoms with Crippen LogP contribution in [0.4, 0.5) is 0 Å². The first kappa shape index (κ1) is 11.3. The monoisotopic (exact) mass is 199 g/mol. The van der Waals surface area contributed by atoms with E-state index in [1.165, 1.54) is 0 Å². The highest BCUT2D eigenvalue weighted by atomic mass is 16.3. The van der Waals surface area contributed by atoms with E-state index >= 15 is 0 Å². The fourth-order valence-electron chi connectivity index (χ4n) is 1.50. The summed E-state index contributed by atoms with van der Waals surface area (Å²) >= 11 is 0. The quantitative estimate of drug-likeness (QED) is 0.447. The molecule has 14 heavy (non-hydrogen) atoms. The van der Waals surface area contributed by atoms with Gasteiger partial charge in [-0.25, -0.2) is 0 Å². The van der Waals surface area contributed by atoms with Crippen molar-refractivity contribution in [1.29, 1.82) is 0 Å². The van der Waals surface area contributed by atoms with E-state index in [0.29, 0.717) is 11.9 Å². The molecule has 0 amide bonds. The summed E-state index contributed by atoms with van der Waals surface area (Å²) in [5, 5.41) is 12.2. The van der Waals surface area contributed by atoms with Gasteiger partial charge in [-0.15, -0.1) is 0 Å². The summed E-state index contributed by atoms with van der Waals surface area (Å²) < 4.78 is 0. The van der Waals surface area contributed by atoms with Gasteiger partial charge in [0.2, 0.25) is 0 Å². The van der Waals surface area contributed by atoms with Gasteiger partial charge in [-0.05, 0) is 39.5 Å². The fourth-order valence-corrected chi connectivity index (χ4v) is 1.50. The molecule has 82 valence electrons. The van der Waals surface area contributed by atoms with Gasteiger partial charge in [0.15, 0.2) is 5.96 Å². The largest absolute Gasteiger partial charge is 0.393 e. The van der Waals surface area contributed by atoms with Crippen LogP contribution in [-0.2, 0) is 0 Å². The van der Waals surface area contributed by atoms with E-state index in [4.69, 9.17) is 10.8 Å². The van der Waals surface area contributed by atoms with Crippen LogP contribution in [-0.4, -0.2) is 29.3 Å². The van der Waals surface area contributed by atoms with Crippen molar-refractivity contribution in [2.75, 3.05) is 6.54 Å². The maximum Gasteiger partial charge on any atom is 0.188 e. The zero-order chi connectivity index (χ0) is 10.8. The van der Waals surface area contributed by atoms with Crippen LogP contribution in [0, 0.1) is 5.92 Å². The van der Waals surface area contributed by atoms with Gasteiger partial charge in [-0.2, -0.15) is 0 Å². The number of hydrogen-bond donors (Lipinski definition) is 3. The van der Waals surface area contributed by atoms with E-state index < -0.39 is 0 Å². The molecule has 4 nitrogen and oxygen atoms in total. The van der Waals surface area contributed by atoms with Crippen LogP contribution < -0.4 is 11.1 Å². The summed E-state index contributed by atoms with van der Waals surface area (Å²) in [6, 6.07) is 0. The Balaban J connectivity index is 2.23. The molecule has 0 heterocycles. The molecular weight excluding hydrogens is 178 g/mol. The van der Waals surface area contributed by atoms with Crippen molar-refractivity contribution in [3.05, 3.63) is 0 Å². The Hall–Kier alpha value is -0.770. The normalized spacial score (nSPS) is 28.4. The number of hydrogen-bond acceptors (Lipinski definition) is 2. The standard InChI is InChI=1S/C10H21N3O/c1-10(2,3)13-9(11)12-6-7-4-8(14)5-7/h7-8,14H,4-6H2,1-3H3,(H3,11,12,13). The molecule has 0 radical (unpaired) electrons. The van der Waals surface area contributed by atoms with E-state index in [-0.39, 0.29) is 11.6 Å². The molecule has 4 heteroatoms. The molecule has 1 fully saturated rings. The number of nitrogens with two attached hydrogens (primary N) is 1. The summed E-state index contributed by atoms with van der Waals surface area (Å²) in [5.41, 5.74) is 5.66. The van der Waals surface area contributed by atoms with E-state index in [9.17, 15) is 0 Å². The molecular formula is C10H21N3O. The summed E-state index contributed by atoms with van der Waals surface area (Å²) in [6.07, 6.45) is 1.63. The number of aliphatic imine (C=N–C) groups is 1. The van der Waals surface area contributed by atoms with Crippen molar-refractivity contribution in [3.8, 4) is 0 Å². The molecule has 0 aromatic carbocycles. The summed E-state index contributed by atoms with van der Waals surface area (Å²) in [6.45, 7) is 6.86. The minimum atomic E-state index is -0.105. The van der Waals surface area contributed by atoms with Crippen LogP contribution >= 0.6 is 0 Å². The third kappa shape index (κ3) is 3.96. The fraction of sp³-hybridized carbons (Fsp3) is 0.900. The Morgan fingerprint density at radius 1 is 1.50 bits per heavy atom. The zero-order valence-corrected chi connectivity index (χ0v) is 9.25. The van der Waals surface area contributed by atoms with Gasteiger partial charge in [-0.3, -0.25) is 4.99 Å². The van der Waals surface area contributed by atoms with Crippen molar-refractivity contribution in [3.63, 3.8) is 0 Å². The SMILES string of the molecule is CC(C)(C)NC(N)=NCC1CC(O)C1. The Labute approximate surface area is 85.6 Å². The van der Waals surface area contributed by atoms with E-state index in [2.05, 4.69) is 10.3 Å². The van der Waals surface area contributed by atoms with Gasteiger partial charge >= 0.3 is 0 Å². The first-order valence-corrected chi connectivity index (χ1v) is 5.13. The molecule has 0 bridgehead atoms. The number of aliphatic hydroxyl groups excluding tert-OH is 1. The minimum Gasteiger partial charge on any atom is -0.393 e. The third-order valence-corrected chi connectivity index (χ3v) is 2.23. The predicted molar refractivity (Wildman–Crippen MR) is 58.1 cm³/mol. The molecule has 0 spiro atoms. The second-order valence-corrected chi connectivity index (χ2v) is 5.09. The molecule has 0 aliphatic heterocycles. The molecule has 0 atom stereocenters.